The van der Waals surface area contributed by atoms with E-state index in [2.05, 4.69) is 32.5 Å². The molecule has 0 aliphatic heterocycles. The highest BCUT2D eigenvalue weighted by Gasteiger charge is 2.17. The fourth-order valence-corrected chi connectivity index (χ4v) is 2.85. The van der Waals surface area contributed by atoms with Gasteiger partial charge in [0.1, 0.15) is 4.60 Å². The second-order valence-corrected chi connectivity index (χ2v) is 5.05. The zero-order valence-electron chi connectivity index (χ0n) is 8.67. The number of nitrogens with zero attached hydrogens (tertiary/aromatic N) is 2. The molecule has 1 fully saturated rings. The van der Waals surface area contributed by atoms with E-state index in [0.717, 1.165) is 10.5 Å². The van der Waals surface area contributed by atoms with Crippen molar-refractivity contribution in [2.24, 2.45) is 13.0 Å². The SMILES string of the molecule is Cn1cnc(Br)c1CC1CCCCC1. The van der Waals surface area contributed by atoms with Crippen molar-refractivity contribution in [3.63, 3.8) is 0 Å². The summed E-state index contributed by atoms with van der Waals surface area (Å²) in [5, 5.41) is 0. The summed E-state index contributed by atoms with van der Waals surface area (Å²) in [6.45, 7) is 0. The molecule has 0 aromatic carbocycles. The van der Waals surface area contributed by atoms with Gasteiger partial charge in [-0.25, -0.2) is 4.98 Å². The summed E-state index contributed by atoms with van der Waals surface area (Å²) in [6.07, 6.45) is 10.2. The summed E-state index contributed by atoms with van der Waals surface area (Å²) in [5.74, 6) is 0.885. The molecule has 1 aromatic heterocycles. The minimum atomic E-state index is 0.885. The van der Waals surface area contributed by atoms with E-state index in [1.165, 1.54) is 44.2 Å². The fourth-order valence-electron chi connectivity index (χ4n) is 2.32. The van der Waals surface area contributed by atoms with E-state index in [1.807, 2.05) is 6.33 Å². The van der Waals surface area contributed by atoms with E-state index in [9.17, 15) is 0 Å². The molecule has 0 bridgehead atoms. The van der Waals surface area contributed by atoms with Gasteiger partial charge in [-0.2, -0.15) is 0 Å². The molecular weight excluding hydrogens is 240 g/mol. The van der Waals surface area contributed by atoms with Gasteiger partial charge in [0, 0.05) is 7.05 Å². The number of rotatable bonds is 2. The van der Waals surface area contributed by atoms with Crippen molar-refractivity contribution < 1.29 is 0 Å². The highest BCUT2D eigenvalue weighted by Crippen LogP contribution is 2.28. The smallest absolute Gasteiger partial charge is 0.127 e. The molecule has 1 aliphatic carbocycles. The van der Waals surface area contributed by atoms with Gasteiger partial charge in [0.15, 0.2) is 0 Å². The topological polar surface area (TPSA) is 17.8 Å². The maximum atomic E-state index is 4.26. The predicted molar refractivity (Wildman–Crippen MR) is 61.2 cm³/mol. The molecule has 0 radical (unpaired) electrons. The molecule has 14 heavy (non-hydrogen) atoms. The molecule has 1 heterocycles. The lowest BCUT2D eigenvalue weighted by Crippen LogP contribution is -2.11. The van der Waals surface area contributed by atoms with Crippen LogP contribution in [-0.4, -0.2) is 9.55 Å². The van der Waals surface area contributed by atoms with Gasteiger partial charge in [0.05, 0.1) is 12.0 Å². The van der Waals surface area contributed by atoms with Gasteiger partial charge in [-0.1, -0.05) is 32.1 Å². The Hall–Kier alpha value is -0.310. The summed E-state index contributed by atoms with van der Waals surface area (Å²) in [5.41, 5.74) is 1.36. The van der Waals surface area contributed by atoms with E-state index in [1.54, 1.807) is 0 Å². The summed E-state index contributed by atoms with van der Waals surface area (Å²) < 4.78 is 3.17. The lowest BCUT2D eigenvalue weighted by atomic mass is 9.86. The minimum Gasteiger partial charge on any atom is -0.337 e. The zero-order chi connectivity index (χ0) is 9.97. The third-order valence-corrected chi connectivity index (χ3v) is 3.88. The molecule has 2 rings (SSSR count). The third-order valence-electron chi connectivity index (χ3n) is 3.21. The van der Waals surface area contributed by atoms with Gasteiger partial charge < -0.3 is 4.57 Å². The van der Waals surface area contributed by atoms with Gasteiger partial charge in [-0.05, 0) is 28.3 Å². The van der Waals surface area contributed by atoms with Crippen LogP contribution in [0.2, 0.25) is 0 Å². The largest absolute Gasteiger partial charge is 0.337 e. The Morgan fingerprint density at radius 1 is 1.43 bits per heavy atom. The van der Waals surface area contributed by atoms with E-state index in [0.29, 0.717) is 0 Å². The van der Waals surface area contributed by atoms with E-state index in [4.69, 9.17) is 0 Å². The lowest BCUT2D eigenvalue weighted by molar-refractivity contribution is 0.351. The van der Waals surface area contributed by atoms with Crippen LogP contribution >= 0.6 is 15.9 Å². The molecule has 0 unspecified atom stereocenters. The van der Waals surface area contributed by atoms with E-state index in [-0.39, 0.29) is 0 Å². The lowest BCUT2D eigenvalue weighted by Gasteiger charge is -2.21. The van der Waals surface area contributed by atoms with Gasteiger partial charge >= 0.3 is 0 Å². The normalized spacial score (nSPS) is 18.7. The Balaban J connectivity index is 2.02. The Morgan fingerprint density at radius 2 is 2.14 bits per heavy atom. The number of aryl methyl sites for hydroxylation is 1. The third kappa shape index (κ3) is 2.19. The fraction of sp³-hybridized carbons (Fsp3) is 0.727. The molecule has 0 atom stereocenters. The van der Waals surface area contributed by atoms with Crippen LogP contribution in [0, 0.1) is 5.92 Å². The average Bonchev–Trinajstić information content (AvgIpc) is 2.51. The maximum absolute atomic E-state index is 4.26. The molecule has 0 saturated heterocycles. The number of imidazole rings is 1. The van der Waals surface area contributed by atoms with Crippen molar-refractivity contribution in [3.05, 3.63) is 16.6 Å². The first kappa shape index (κ1) is 10.2. The molecule has 0 amide bonds. The van der Waals surface area contributed by atoms with Crippen molar-refractivity contribution in [3.8, 4) is 0 Å². The van der Waals surface area contributed by atoms with Crippen LogP contribution in [0.25, 0.3) is 0 Å². The highest BCUT2D eigenvalue weighted by atomic mass is 79.9. The van der Waals surface area contributed by atoms with Crippen molar-refractivity contribution in [2.45, 2.75) is 38.5 Å². The van der Waals surface area contributed by atoms with Crippen LogP contribution in [0.1, 0.15) is 37.8 Å². The molecule has 0 N–H and O–H groups in total. The van der Waals surface area contributed by atoms with Crippen molar-refractivity contribution in [1.29, 1.82) is 0 Å². The van der Waals surface area contributed by atoms with Crippen molar-refractivity contribution >= 4 is 15.9 Å². The van der Waals surface area contributed by atoms with Crippen LogP contribution in [0.15, 0.2) is 10.9 Å². The molecule has 1 aliphatic rings. The van der Waals surface area contributed by atoms with Gasteiger partial charge in [-0.3, -0.25) is 0 Å². The van der Waals surface area contributed by atoms with Gasteiger partial charge in [-0.15, -0.1) is 0 Å². The van der Waals surface area contributed by atoms with Gasteiger partial charge in [0.25, 0.3) is 0 Å². The minimum absolute atomic E-state index is 0.885. The molecule has 0 spiro atoms. The van der Waals surface area contributed by atoms with Crippen LogP contribution in [-0.2, 0) is 13.5 Å². The molecule has 78 valence electrons. The van der Waals surface area contributed by atoms with Crippen LogP contribution < -0.4 is 0 Å². The summed E-state index contributed by atoms with van der Waals surface area (Å²) in [6, 6.07) is 0. The average molecular weight is 257 g/mol. The zero-order valence-corrected chi connectivity index (χ0v) is 10.3. The number of hydrogen-bond acceptors (Lipinski definition) is 1. The first-order chi connectivity index (χ1) is 6.77. The Bertz CT molecular complexity index is 281. The number of aromatic nitrogens is 2. The quantitative estimate of drug-likeness (QED) is 0.794. The summed E-state index contributed by atoms with van der Waals surface area (Å²) in [4.78, 5) is 4.26. The van der Waals surface area contributed by atoms with Crippen LogP contribution in [0.5, 0.6) is 0 Å². The summed E-state index contributed by atoms with van der Waals surface area (Å²) >= 11 is 3.51. The van der Waals surface area contributed by atoms with Crippen molar-refractivity contribution in [2.75, 3.05) is 0 Å². The molecule has 1 aromatic rings. The van der Waals surface area contributed by atoms with E-state index < -0.39 is 0 Å². The standard InChI is InChI=1S/C11H17BrN2/c1-14-8-13-11(12)10(14)7-9-5-3-2-4-6-9/h8-9H,2-7H2,1H3. The Kier molecular flexibility index (Phi) is 3.26. The number of halogens is 1. The Morgan fingerprint density at radius 3 is 2.71 bits per heavy atom. The van der Waals surface area contributed by atoms with Crippen molar-refractivity contribution in [1.82, 2.24) is 9.55 Å². The monoisotopic (exact) mass is 256 g/mol. The summed E-state index contributed by atoms with van der Waals surface area (Å²) in [7, 11) is 2.08. The Labute approximate surface area is 93.9 Å². The van der Waals surface area contributed by atoms with Crippen LogP contribution in [0.3, 0.4) is 0 Å². The van der Waals surface area contributed by atoms with E-state index >= 15 is 0 Å². The van der Waals surface area contributed by atoms with Crippen LogP contribution in [0.4, 0.5) is 0 Å². The molecule has 2 nitrogen and oxygen atoms in total. The first-order valence-electron chi connectivity index (χ1n) is 5.43. The second kappa shape index (κ2) is 4.47. The maximum Gasteiger partial charge on any atom is 0.127 e. The first-order valence-corrected chi connectivity index (χ1v) is 6.22. The highest BCUT2D eigenvalue weighted by molar-refractivity contribution is 9.10. The molecular formula is C11H17BrN2. The van der Waals surface area contributed by atoms with Gasteiger partial charge in [0.2, 0.25) is 0 Å². The molecule has 3 heteroatoms. The number of hydrogen-bond donors (Lipinski definition) is 0. The second-order valence-electron chi connectivity index (χ2n) is 4.30. The molecule has 1 saturated carbocycles. The predicted octanol–water partition coefficient (Wildman–Crippen LogP) is 3.31.